The molecule has 0 bridgehead atoms. The molecule has 0 unspecified atom stereocenters. The number of aromatic carboxylic acids is 1. The van der Waals surface area contributed by atoms with Crippen LogP contribution in [0.3, 0.4) is 0 Å². The van der Waals surface area contributed by atoms with Crippen LogP contribution in [0.2, 0.25) is 0 Å². The van der Waals surface area contributed by atoms with Crippen molar-refractivity contribution in [2.24, 2.45) is 5.92 Å². The number of carbonyl (C=O) groups excluding carboxylic acids is 1. The summed E-state index contributed by atoms with van der Waals surface area (Å²) < 4.78 is 13.3. The Balaban J connectivity index is 2.95. The van der Waals surface area contributed by atoms with Crippen molar-refractivity contribution in [1.82, 2.24) is 0 Å². The summed E-state index contributed by atoms with van der Waals surface area (Å²) in [6, 6.07) is 3.76. The number of halogens is 1. The second-order valence-corrected chi connectivity index (χ2v) is 4.11. The van der Waals surface area contributed by atoms with Crippen LogP contribution in [0.25, 0.3) is 0 Å². The molecule has 0 aliphatic rings. The van der Waals surface area contributed by atoms with Gasteiger partial charge in [-0.3, -0.25) is 4.79 Å². The molecule has 0 atom stereocenters. The molecule has 0 saturated carbocycles. The molecule has 0 aliphatic carbocycles. The van der Waals surface area contributed by atoms with Crippen molar-refractivity contribution < 1.29 is 19.1 Å². The standard InChI is InChI=1S/C12H14FNO3/c1-7(2)6-10(15)14-9-5-3-4-8(13)11(9)12(16)17/h3-5,7H,6H2,1-2H3,(H,14,15)(H,16,17). The van der Waals surface area contributed by atoms with Crippen LogP contribution in [0.1, 0.15) is 30.6 Å². The van der Waals surface area contributed by atoms with E-state index in [1.165, 1.54) is 12.1 Å². The van der Waals surface area contributed by atoms with Gasteiger partial charge in [0.1, 0.15) is 11.4 Å². The summed E-state index contributed by atoms with van der Waals surface area (Å²) >= 11 is 0. The smallest absolute Gasteiger partial charge is 0.340 e. The van der Waals surface area contributed by atoms with E-state index in [1.54, 1.807) is 0 Å². The molecule has 1 aromatic carbocycles. The first-order chi connectivity index (χ1) is 7.91. The molecule has 0 aliphatic heterocycles. The predicted octanol–water partition coefficient (Wildman–Crippen LogP) is 2.51. The second-order valence-electron chi connectivity index (χ2n) is 4.11. The van der Waals surface area contributed by atoms with Crippen molar-refractivity contribution in [2.75, 3.05) is 5.32 Å². The lowest BCUT2D eigenvalue weighted by molar-refractivity contribution is -0.116. The Morgan fingerprint density at radius 1 is 1.41 bits per heavy atom. The average Bonchev–Trinajstić information content (AvgIpc) is 2.15. The van der Waals surface area contributed by atoms with Crippen LogP contribution >= 0.6 is 0 Å². The summed E-state index contributed by atoms with van der Waals surface area (Å²) in [5.74, 6) is -2.44. The third-order valence-corrected chi connectivity index (χ3v) is 2.10. The van der Waals surface area contributed by atoms with Crippen LogP contribution in [-0.2, 0) is 4.79 Å². The van der Waals surface area contributed by atoms with Crippen molar-refractivity contribution in [2.45, 2.75) is 20.3 Å². The highest BCUT2D eigenvalue weighted by molar-refractivity contribution is 6.00. The van der Waals surface area contributed by atoms with Gasteiger partial charge in [-0.2, -0.15) is 0 Å². The lowest BCUT2D eigenvalue weighted by Gasteiger charge is -2.10. The summed E-state index contributed by atoms with van der Waals surface area (Å²) in [4.78, 5) is 22.3. The molecule has 0 radical (unpaired) electrons. The van der Waals surface area contributed by atoms with E-state index in [1.807, 2.05) is 13.8 Å². The Hall–Kier alpha value is -1.91. The average molecular weight is 239 g/mol. The summed E-state index contributed by atoms with van der Waals surface area (Å²) in [6.45, 7) is 3.73. The molecule has 1 amide bonds. The van der Waals surface area contributed by atoms with Gasteiger partial charge in [0, 0.05) is 6.42 Å². The van der Waals surface area contributed by atoms with Crippen LogP contribution in [0.4, 0.5) is 10.1 Å². The number of carbonyl (C=O) groups is 2. The zero-order chi connectivity index (χ0) is 13.0. The summed E-state index contributed by atoms with van der Waals surface area (Å²) in [5, 5.41) is 11.3. The normalized spacial score (nSPS) is 10.4. The maximum absolute atomic E-state index is 13.3. The Morgan fingerprint density at radius 2 is 2.06 bits per heavy atom. The van der Waals surface area contributed by atoms with Gasteiger partial charge in [0.15, 0.2) is 0 Å². The van der Waals surface area contributed by atoms with Crippen molar-refractivity contribution in [3.63, 3.8) is 0 Å². The van der Waals surface area contributed by atoms with Crippen molar-refractivity contribution in [1.29, 1.82) is 0 Å². The molecular formula is C12H14FNO3. The third kappa shape index (κ3) is 3.55. The molecule has 0 heterocycles. The van der Waals surface area contributed by atoms with Crippen molar-refractivity contribution in [3.05, 3.63) is 29.6 Å². The van der Waals surface area contributed by atoms with Crippen molar-refractivity contribution >= 4 is 17.6 Å². The van der Waals surface area contributed by atoms with E-state index >= 15 is 0 Å². The van der Waals surface area contributed by atoms with Gasteiger partial charge >= 0.3 is 5.97 Å². The number of rotatable bonds is 4. The molecule has 17 heavy (non-hydrogen) atoms. The Labute approximate surface area is 98.5 Å². The molecule has 0 fully saturated rings. The zero-order valence-electron chi connectivity index (χ0n) is 9.66. The lowest BCUT2D eigenvalue weighted by Crippen LogP contribution is -2.17. The minimum Gasteiger partial charge on any atom is -0.478 e. The van der Waals surface area contributed by atoms with Gasteiger partial charge in [-0.1, -0.05) is 19.9 Å². The highest BCUT2D eigenvalue weighted by atomic mass is 19.1. The monoisotopic (exact) mass is 239 g/mol. The number of carboxylic acid groups (broad SMARTS) is 1. The van der Waals surface area contributed by atoms with E-state index in [2.05, 4.69) is 5.32 Å². The summed E-state index contributed by atoms with van der Waals surface area (Å²) in [6.07, 6.45) is 0.259. The Morgan fingerprint density at radius 3 is 2.59 bits per heavy atom. The lowest BCUT2D eigenvalue weighted by atomic mass is 10.1. The van der Waals surface area contributed by atoms with E-state index in [9.17, 15) is 14.0 Å². The Bertz CT molecular complexity index is 443. The molecule has 1 rings (SSSR count). The highest BCUT2D eigenvalue weighted by Crippen LogP contribution is 2.19. The molecule has 92 valence electrons. The minimum absolute atomic E-state index is 0.0110. The van der Waals surface area contributed by atoms with Crippen LogP contribution in [0.15, 0.2) is 18.2 Å². The van der Waals surface area contributed by atoms with Crippen LogP contribution in [-0.4, -0.2) is 17.0 Å². The maximum atomic E-state index is 13.3. The summed E-state index contributed by atoms with van der Waals surface area (Å²) in [5.41, 5.74) is -0.521. The van der Waals surface area contributed by atoms with Gasteiger partial charge in [0.05, 0.1) is 5.69 Å². The van der Waals surface area contributed by atoms with Gasteiger partial charge < -0.3 is 10.4 Å². The molecule has 1 aromatic rings. The van der Waals surface area contributed by atoms with Gasteiger partial charge in [0.25, 0.3) is 0 Å². The number of hydrogen-bond donors (Lipinski definition) is 2. The molecule has 4 nitrogen and oxygen atoms in total. The quantitative estimate of drug-likeness (QED) is 0.848. The zero-order valence-corrected chi connectivity index (χ0v) is 9.66. The van der Waals surface area contributed by atoms with Crippen LogP contribution in [0, 0.1) is 11.7 Å². The number of carboxylic acids is 1. The number of anilines is 1. The van der Waals surface area contributed by atoms with E-state index in [-0.39, 0.29) is 23.9 Å². The Kier molecular flexibility index (Phi) is 4.20. The van der Waals surface area contributed by atoms with Crippen LogP contribution < -0.4 is 5.32 Å². The van der Waals surface area contributed by atoms with Gasteiger partial charge in [-0.25, -0.2) is 9.18 Å². The number of amides is 1. The van der Waals surface area contributed by atoms with E-state index in [0.717, 1.165) is 6.07 Å². The minimum atomic E-state index is -1.40. The first-order valence-electron chi connectivity index (χ1n) is 5.23. The molecule has 0 aromatic heterocycles. The van der Waals surface area contributed by atoms with Crippen molar-refractivity contribution in [3.8, 4) is 0 Å². The number of benzene rings is 1. The second kappa shape index (κ2) is 5.43. The SMILES string of the molecule is CC(C)CC(=O)Nc1cccc(F)c1C(=O)O. The highest BCUT2D eigenvalue weighted by Gasteiger charge is 2.17. The molecule has 5 heteroatoms. The molecule has 0 spiro atoms. The fraction of sp³-hybridized carbons (Fsp3) is 0.333. The number of nitrogens with one attached hydrogen (secondary N) is 1. The van der Waals surface area contributed by atoms with E-state index in [0.29, 0.717) is 0 Å². The molecule has 2 N–H and O–H groups in total. The molecule has 0 saturated heterocycles. The van der Waals surface area contributed by atoms with Gasteiger partial charge in [0.2, 0.25) is 5.91 Å². The predicted molar refractivity (Wildman–Crippen MR) is 61.4 cm³/mol. The molecular weight excluding hydrogens is 225 g/mol. The van der Waals surface area contributed by atoms with E-state index in [4.69, 9.17) is 5.11 Å². The van der Waals surface area contributed by atoms with Gasteiger partial charge in [-0.15, -0.1) is 0 Å². The fourth-order valence-corrected chi connectivity index (χ4v) is 1.42. The largest absolute Gasteiger partial charge is 0.478 e. The third-order valence-electron chi connectivity index (χ3n) is 2.10. The van der Waals surface area contributed by atoms with E-state index < -0.39 is 17.3 Å². The van der Waals surface area contributed by atoms with Crippen LogP contribution in [0.5, 0.6) is 0 Å². The summed E-state index contributed by atoms with van der Waals surface area (Å²) in [7, 11) is 0. The first-order valence-corrected chi connectivity index (χ1v) is 5.23. The maximum Gasteiger partial charge on any atom is 0.340 e. The topological polar surface area (TPSA) is 66.4 Å². The fourth-order valence-electron chi connectivity index (χ4n) is 1.42. The first kappa shape index (κ1) is 13.2. The van der Waals surface area contributed by atoms with Gasteiger partial charge in [-0.05, 0) is 18.1 Å². The number of hydrogen-bond acceptors (Lipinski definition) is 2.